The molecule has 1 unspecified atom stereocenters. The molecule has 0 aliphatic heterocycles. The van der Waals surface area contributed by atoms with Crippen molar-refractivity contribution in [3.05, 3.63) is 60.7 Å². The van der Waals surface area contributed by atoms with Crippen LogP contribution >= 0.6 is 0 Å². The van der Waals surface area contributed by atoms with Crippen LogP contribution in [0.2, 0.25) is 0 Å². The molecule has 2 aromatic rings. The predicted octanol–water partition coefficient (Wildman–Crippen LogP) is 0.330. The average molecular weight is 259 g/mol. The summed E-state index contributed by atoms with van der Waals surface area (Å²) >= 11 is 0. The summed E-state index contributed by atoms with van der Waals surface area (Å²) in [5.74, 6) is -1.44. The number of para-hydroxylation sites is 2. The molecule has 0 bridgehead atoms. The van der Waals surface area contributed by atoms with Crippen molar-refractivity contribution in [2.75, 3.05) is 0 Å². The number of hydrogen-bond donors (Lipinski definition) is 2. The maximum atomic E-state index is 9.34. The summed E-state index contributed by atoms with van der Waals surface area (Å²) in [6.45, 7) is 1.13. The fourth-order valence-corrected chi connectivity index (χ4v) is 1.29. The van der Waals surface area contributed by atoms with Crippen molar-refractivity contribution in [3.63, 3.8) is 0 Å². The van der Waals surface area contributed by atoms with Gasteiger partial charge in [0.2, 0.25) is 0 Å². The summed E-state index contributed by atoms with van der Waals surface area (Å²) in [7, 11) is 0. The van der Waals surface area contributed by atoms with Gasteiger partial charge in [0.1, 0.15) is 11.4 Å². The molecule has 0 fully saturated rings. The molecule has 2 rings (SSSR count). The molecular weight excluding hydrogens is 242 g/mol. The quantitative estimate of drug-likeness (QED) is 0.780. The van der Waals surface area contributed by atoms with E-state index < -0.39 is 12.1 Å². The fourth-order valence-electron chi connectivity index (χ4n) is 1.29. The van der Waals surface area contributed by atoms with E-state index in [9.17, 15) is 9.90 Å². The molecule has 100 valence electrons. The topological polar surface area (TPSA) is 77.0 Å². The number of carbonyl (C=O) groups excluding carboxylic acids is 1. The lowest BCUT2D eigenvalue weighted by Crippen LogP contribution is -2.70. The predicted molar refractivity (Wildman–Crippen MR) is 70.8 cm³/mol. The second-order valence-corrected chi connectivity index (χ2v) is 3.96. The number of aliphatic hydroxyl groups excluding tert-OH is 1. The van der Waals surface area contributed by atoms with Crippen LogP contribution in [0.3, 0.4) is 0 Å². The Labute approximate surface area is 112 Å². The van der Waals surface area contributed by atoms with Crippen molar-refractivity contribution in [1.29, 1.82) is 0 Å². The van der Waals surface area contributed by atoms with Crippen molar-refractivity contribution >= 4 is 17.3 Å². The summed E-state index contributed by atoms with van der Waals surface area (Å²) in [4.78, 5) is 9.34. The van der Waals surface area contributed by atoms with E-state index in [0.29, 0.717) is 0 Å². The standard InChI is InChI=1S/C12H11N.C3H6O3/c1-3-7-11(8-4-1)13-12-9-5-2-6-10-12;1-2(4)3(5)6/h1-10,13H;2,4H,1H3,(H,5,6). The van der Waals surface area contributed by atoms with Gasteiger partial charge in [0, 0.05) is 0 Å². The molecule has 1 atom stereocenters. The van der Waals surface area contributed by atoms with E-state index in [0.717, 1.165) is 6.92 Å². The third-order valence-corrected chi connectivity index (χ3v) is 2.27. The maximum absolute atomic E-state index is 9.34. The normalized spacial score (nSPS) is 11.1. The number of carbonyl (C=O) groups is 1. The lowest BCUT2D eigenvalue weighted by atomic mass is 10.3. The first-order valence-electron chi connectivity index (χ1n) is 5.93. The van der Waals surface area contributed by atoms with Crippen LogP contribution in [0.4, 0.5) is 11.4 Å². The van der Waals surface area contributed by atoms with Crippen LogP contribution < -0.4 is 10.4 Å². The zero-order valence-electron chi connectivity index (χ0n) is 10.7. The Bertz CT molecular complexity index is 446. The number of rotatable bonds is 3. The number of carboxylic acids is 1. The van der Waals surface area contributed by atoms with Crippen molar-refractivity contribution in [2.24, 2.45) is 0 Å². The molecule has 4 heteroatoms. The molecule has 0 radical (unpaired) electrons. The number of carboxylic acid groups (broad SMARTS) is 1. The Balaban J connectivity index is 0.000000258. The fraction of sp³-hybridized carbons (Fsp3) is 0.133. The molecule has 19 heavy (non-hydrogen) atoms. The zero-order valence-corrected chi connectivity index (χ0v) is 10.7. The number of hydrogen-bond acceptors (Lipinski definition) is 3. The molecule has 0 heterocycles. The first-order chi connectivity index (χ1) is 9.09. The van der Waals surface area contributed by atoms with E-state index in [1.54, 1.807) is 0 Å². The SMILES string of the molecule is CC(O)C(=O)[O-].c1ccc([NH2+]c2ccccc2)cc1. The van der Waals surface area contributed by atoms with E-state index >= 15 is 0 Å². The third-order valence-electron chi connectivity index (χ3n) is 2.27. The molecule has 0 spiro atoms. The van der Waals surface area contributed by atoms with Gasteiger partial charge >= 0.3 is 0 Å². The Morgan fingerprint density at radius 3 is 1.58 bits per heavy atom. The van der Waals surface area contributed by atoms with E-state index in [2.05, 4.69) is 53.8 Å². The zero-order chi connectivity index (χ0) is 14.1. The summed E-state index contributed by atoms with van der Waals surface area (Å²) in [5.41, 5.74) is 2.49. The van der Waals surface area contributed by atoms with Crippen molar-refractivity contribution in [2.45, 2.75) is 13.0 Å². The smallest absolute Gasteiger partial charge is 0.134 e. The van der Waals surface area contributed by atoms with Gasteiger partial charge in [-0.05, 0) is 31.2 Å². The van der Waals surface area contributed by atoms with Crippen molar-refractivity contribution < 1.29 is 20.3 Å². The molecule has 0 aliphatic rings. The number of quaternary nitrogens is 1. The van der Waals surface area contributed by atoms with E-state index in [4.69, 9.17) is 5.11 Å². The maximum Gasteiger partial charge on any atom is 0.134 e. The Kier molecular flexibility index (Phi) is 6.29. The van der Waals surface area contributed by atoms with Crippen molar-refractivity contribution in [1.82, 2.24) is 0 Å². The molecule has 0 amide bonds. The molecule has 0 saturated carbocycles. The average Bonchev–Trinajstić information content (AvgIpc) is 2.41. The van der Waals surface area contributed by atoms with Crippen LogP contribution in [-0.4, -0.2) is 17.2 Å². The first-order valence-corrected chi connectivity index (χ1v) is 5.93. The van der Waals surface area contributed by atoms with E-state index in [-0.39, 0.29) is 0 Å². The molecular formula is C15H17NO3. The van der Waals surface area contributed by atoms with Crippen LogP contribution in [0.25, 0.3) is 0 Å². The minimum Gasteiger partial charge on any atom is -0.547 e. The van der Waals surface area contributed by atoms with E-state index in [1.165, 1.54) is 11.4 Å². The number of nitrogens with two attached hydrogens (primary N) is 1. The highest BCUT2D eigenvalue weighted by atomic mass is 16.4. The highest BCUT2D eigenvalue weighted by Gasteiger charge is 1.96. The van der Waals surface area contributed by atoms with Crippen LogP contribution in [-0.2, 0) is 4.79 Å². The lowest BCUT2D eigenvalue weighted by molar-refractivity contribution is -0.478. The second kappa shape index (κ2) is 8.02. The van der Waals surface area contributed by atoms with Crippen molar-refractivity contribution in [3.8, 4) is 0 Å². The summed E-state index contributed by atoms with van der Waals surface area (Å²) in [5, 5.41) is 19.5. The number of benzene rings is 2. The molecule has 0 saturated heterocycles. The summed E-state index contributed by atoms with van der Waals surface area (Å²) < 4.78 is 0. The van der Waals surface area contributed by atoms with E-state index in [1.807, 2.05) is 12.1 Å². The number of aliphatic carboxylic acids is 1. The molecule has 2 aromatic carbocycles. The van der Waals surface area contributed by atoms with Gasteiger partial charge in [0.25, 0.3) is 0 Å². The van der Waals surface area contributed by atoms with Crippen LogP contribution in [0.15, 0.2) is 60.7 Å². The van der Waals surface area contributed by atoms with Gasteiger partial charge in [-0.2, -0.15) is 0 Å². The van der Waals surface area contributed by atoms with Gasteiger partial charge < -0.3 is 15.0 Å². The van der Waals surface area contributed by atoms with Crippen LogP contribution in [0.5, 0.6) is 0 Å². The largest absolute Gasteiger partial charge is 0.547 e. The van der Waals surface area contributed by atoms with Gasteiger partial charge in [-0.3, -0.25) is 5.32 Å². The Morgan fingerprint density at radius 2 is 1.32 bits per heavy atom. The molecule has 3 N–H and O–H groups in total. The van der Waals surface area contributed by atoms with Gasteiger partial charge in [0.05, 0.1) is 12.1 Å². The molecule has 0 aliphatic carbocycles. The third kappa shape index (κ3) is 6.35. The summed E-state index contributed by atoms with van der Waals surface area (Å²) in [6.07, 6.45) is -1.34. The Hall–Kier alpha value is -2.17. The van der Waals surface area contributed by atoms with Gasteiger partial charge in [0.15, 0.2) is 0 Å². The van der Waals surface area contributed by atoms with Crippen LogP contribution in [0.1, 0.15) is 6.92 Å². The number of aliphatic hydroxyl groups is 1. The highest BCUT2D eigenvalue weighted by molar-refractivity contribution is 5.68. The second-order valence-electron chi connectivity index (χ2n) is 3.96. The summed E-state index contributed by atoms with van der Waals surface area (Å²) in [6, 6.07) is 20.7. The first kappa shape index (κ1) is 14.9. The van der Waals surface area contributed by atoms with Crippen LogP contribution in [0, 0.1) is 0 Å². The molecule has 4 nitrogen and oxygen atoms in total. The van der Waals surface area contributed by atoms with Gasteiger partial charge in [-0.15, -0.1) is 0 Å². The monoisotopic (exact) mass is 259 g/mol. The van der Waals surface area contributed by atoms with Gasteiger partial charge in [-0.1, -0.05) is 36.4 Å². The Morgan fingerprint density at radius 1 is 1.00 bits per heavy atom. The minimum atomic E-state index is -1.44. The lowest BCUT2D eigenvalue weighted by Gasteiger charge is -2.00. The molecule has 0 aromatic heterocycles. The minimum absolute atomic E-state index is 1.13. The highest BCUT2D eigenvalue weighted by Crippen LogP contribution is 2.02. The van der Waals surface area contributed by atoms with Gasteiger partial charge in [-0.25, -0.2) is 0 Å².